The molecule has 5 rings (SSSR count). The van der Waals surface area contributed by atoms with E-state index in [1.54, 1.807) is 0 Å². The Kier molecular flexibility index (Phi) is 3.88. The second kappa shape index (κ2) is 6.35. The molecule has 3 nitrogen and oxygen atoms in total. The quantitative estimate of drug-likeness (QED) is 0.271. The lowest BCUT2D eigenvalue weighted by Gasteiger charge is -2.20. The van der Waals surface area contributed by atoms with Gasteiger partial charge in [0.25, 0.3) is 0 Å². The summed E-state index contributed by atoms with van der Waals surface area (Å²) in [5, 5.41) is 12.8. The van der Waals surface area contributed by atoms with Gasteiger partial charge in [0, 0.05) is 5.54 Å². The molecule has 0 heterocycles. The molecule has 0 saturated heterocycles. The Morgan fingerprint density at radius 1 is 0.759 bits per heavy atom. The average molecular weight is 381 g/mol. The van der Waals surface area contributed by atoms with Crippen LogP contribution in [-0.2, 0) is 11.3 Å². The monoisotopic (exact) mass is 381 g/mol. The zero-order chi connectivity index (χ0) is 20.2. The van der Waals surface area contributed by atoms with Crippen molar-refractivity contribution in [1.82, 2.24) is 5.32 Å². The van der Waals surface area contributed by atoms with Gasteiger partial charge in [-0.1, -0.05) is 66.7 Å². The van der Waals surface area contributed by atoms with Crippen LogP contribution in [-0.4, -0.2) is 11.6 Å². The number of amides is 1. The first-order valence-electron chi connectivity index (χ1n) is 9.94. The molecule has 0 bridgehead atoms. The molecule has 5 aromatic carbocycles. The number of nitrogens with one attached hydrogen (secondary N) is 1. The van der Waals surface area contributed by atoms with Crippen LogP contribution in [0.15, 0.2) is 66.7 Å². The van der Waals surface area contributed by atoms with Gasteiger partial charge in [-0.05, 0) is 69.4 Å². The van der Waals surface area contributed by atoms with Gasteiger partial charge in [-0.2, -0.15) is 0 Å². The average Bonchev–Trinajstić information content (AvgIpc) is 2.69. The summed E-state index contributed by atoms with van der Waals surface area (Å²) >= 11 is 0. The fourth-order valence-electron chi connectivity index (χ4n) is 4.32. The Morgan fingerprint density at radius 2 is 1.31 bits per heavy atom. The van der Waals surface area contributed by atoms with E-state index in [0.717, 1.165) is 10.9 Å². The molecule has 0 spiro atoms. The van der Waals surface area contributed by atoms with E-state index in [-0.39, 0.29) is 12.1 Å². The highest BCUT2D eigenvalue weighted by atomic mass is 16.5. The maximum absolute atomic E-state index is 12.1. The van der Waals surface area contributed by atoms with Crippen molar-refractivity contribution in [1.29, 1.82) is 0 Å². The van der Waals surface area contributed by atoms with Crippen molar-refractivity contribution in [3.05, 3.63) is 72.3 Å². The molecular formula is C26H23NO2. The first-order chi connectivity index (χ1) is 13.9. The molecule has 5 aromatic rings. The molecular weight excluding hydrogens is 358 g/mol. The molecule has 0 aliphatic rings. The van der Waals surface area contributed by atoms with E-state index in [2.05, 4.69) is 72.0 Å². The van der Waals surface area contributed by atoms with Crippen molar-refractivity contribution >= 4 is 49.2 Å². The Balaban J connectivity index is 1.69. The van der Waals surface area contributed by atoms with Crippen molar-refractivity contribution < 1.29 is 9.53 Å². The van der Waals surface area contributed by atoms with E-state index in [4.69, 9.17) is 4.74 Å². The Morgan fingerprint density at radius 3 is 1.97 bits per heavy atom. The first-order valence-corrected chi connectivity index (χ1v) is 9.94. The van der Waals surface area contributed by atoms with Gasteiger partial charge >= 0.3 is 6.09 Å². The summed E-state index contributed by atoms with van der Waals surface area (Å²) in [6.07, 6.45) is -0.395. The van der Waals surface area contributed by atoms with Crippen LogP contribution >= 0.6 is 0 Å². The molecule has 0 unspecified atom stereocenters. The van der Waals surface area contributed by atoms with E-state index >= 15 is 0 Å². The number of ether oxygens (including phenoxy) is 1. The molecule has 0 saturated carbocycles. The maximum atomic E-state index is 12.1. The lowest BCUT2D eigenvalue weighted by molar-refractivity contribution is 0.131. The normalized spacial score (nSPS) is 12.2. The number of carbonyl (C=O) groups is 1. The third-order valence-corrected chi connectivity index (χ3v) is 5.45. The van der Waals surface area contributed by atoms with Crippen LogP contribution in [0.5, 0.6) is 0 Å². The van der Waals surface area contributed by atoms with Crippen LogP contribution < -0.4 is 5.32 Å². The number of rotatable bonds is 2. The van der Waals surface area contributed by atoms with Crippen molar-refractivity contribution in [2.45, 2.75) is 32.9 Å². The van der Waals surface area contributed by atoms with Gasteiger partial charge < -0.3 is 10.1 Å². The number of hydrogen-bond acceptors (Lipinski definition) is 2. The molecule has 144 valence electrons. The standard InChI is InChI=1S/C26H23NO2/c1-26(2,3)27-25(28)29-15-17-13-14-22-20-11-5-8-16-7-4-10-19(23(16)20)21-12-6-9-18(17)24(21)22/h4-14H,15H2,1-3H3,(H,27,28). The highest BCUT2D eigenvalue weighted by molar-refractivity contribution is 6.33. The Labute approximate surface area is 169 Å². The van der Waals surface area contributed by atoms with Crippen LogP contribution in [0.2, 0.25) is 0 Å². The topological polar surface area (TPSA) is 38.3 Å². The van der Waals surface area contributed by atoms with Crippen LogP contribution in [0.25, 0.3) is 43.1 Å². The smallest absolute Gasteiger partial charge is 0.407 e. The maximum Gasteiger partial charge on any atom is 0.407 e. The number of fused-ring (bicyclic) bond motifs is 2. The van der Waals surface area contributed by atoms with Crippen molar-refractivity contribution in [2.24, 2.45) is 0 Å². The summed E-state index contributed by atoms with van der Waals surface area (Å²) in [6, 6.07) is 23.6. The number of carbonyl (C=O) groups excluding carboxylic acids is 1. The predicted octanol–water partition coefficient (Wildman–Crippen LogP) is 6.76. The minimum atomic E-state index is -0.395. The second-order valence-electron chi connectivity index (χ2n) is 8.66. The van der Waals surface area contributed by atoms with Gasteiger partial charge in [-0.25, -0.2) is 4.79 Å². The summed E-state index contributed by atoms with van der Waals surface area (Å²) in [7, 11) is 0. The summed E-state index contributed by atoms with van der Waals surface area (Å²) in [4.78, 5) is 12.1. The lowest BCUT2D eigenvalue weighted by atomic mass is 9.88. The Hall–Kier alpha value is -3.33. The zero-order valence-electron chi connectivity index (χ0n) is 16.9. The third-order valence-electron chi connectivity index (χ3n) is 5.45. The largest absolute Gasteiger partial charge is 0.445 e. The molecule has 1 amide bonds. The fraction of sp³-hybridized carbons (Fsp3) is 0.192. The van der Waals surface area contributed by atoms with Crippen LogP contribution in [0.4, 0.5) is 4.79 Å². The third kappa shape index (κ3) is 2.94. The van der Waals surface area contributed by atoms with Gasteiger partial charge in [0.2, 0.25) is 0 Å². The summed E-state index contributed by atoms with van der Waals surface area (Å²) in [5.41, 5.74) is 0.695. The van der Waals surface area contributed by atoms with Gasteiger partial charge in [-0.3, -0.25) is 0 Å². The molecule has 29 heavy (non-hydrogen) atoms. The molecule has 0 aliphatic carbocycles. The molecule has 0 aliphatic heterocycles. The molecule has 0 aromatic heterocycles. The van der Waals surface area contributed by atoms with Crippen molar-refractivity contribution in [3.63, 3.8) is 0 Å². The summed E-state index contributed by atoms with van der Waals surface area (Å²) in [6.45, 7) is 6.06. The molecule has 0 fully saturated rings. The first kappa shape index (κ1) is 17.7. The van der Waals surface area contributed by atoms with Crippen molar-refractivity contribution in [3.8, 4) is 0 Å². The van der Waals surface area contributed by atoms with E-state index in [0.29, 0.717) is 0 Å². The van der Waals surface area contributed by atoms with Gasteiger partial charge in [-0.15, -0.1) is 0 Å². The van der Waals surface area contributed by atoms with Gasteiger partial charge in [0.15, 0.2) is 0 Å². The van der Waals surface area contributed by atoms with Crippen molar-refractivity contribution in [2.75, 3.05) is 0 Å². The summed E-state index contributed by atoms with van der Waals surface area (Å²) in [5.74, 6) is 0. The summed E-state index contributed by atoms with van der Waals surface area (Å²) < 4.78 is 5.52. The minimum Gasteiger partial charge on any atom is -0.445 e. The van der Waals surface area contributed by atoms with E-state index in [1.165, 1.54) is 37.7 Å². The van der Waals surface area contributed by atoms with Gasteiger partial charge in [0.1, 0.15) is 6.61 Å². The molecule has 0 radical (unpaired) electrons. The molecule has 1 N–H and O–H groups in total. The minimum absolute atomic E-state index is 0.244. The van der Waals surface area contributed by atoms with Crippen LogP contribution in [0, 0.1) is 0 Å². The van der Waals surface area contributed by atoms with E-state index in [9.17, 15) is 4.79 Å². The van der Waals surface area contributed by atoms with Crippen LogP contribution in [0.1, 0.15) is 26.3 Å². The van der Waals surface area contributed by atoms with E-state index in [1.807, 2.05) is 20.8 Å². The van der Waals surface area contributed by atoms with Crippen LogP contribution in [0.3, 0.4) is 0 Å². The van der Waals surface area contributed by atoms with Gasteiger partial charge in [0.05, 0.1) is 0 Å². The number of hydrogen-bond donors (Lipinski definition) is 1. The highest BCUT2D eigenvalue weighted by Gasteiger charge is 2.17. The molecule has 3 heteroatoms. The lowest BCUT2D eigenvalue weighted by Crippen LogP contribution is -2.40. The fourth-order valence-corrected chi connectivity index (χ4v) is 4.32. The predicted molar refractivity (Wildman–Crippen MR) is 121 cm³/mol. The SMILES string of the molecule is CC(C)(C)NC(=O)OCc1ccc2c3cccc4cccc(c5cccc1c52)c43. The highest BCUT2D eigenvalue weighted by Crippen LogP contribution is 2.40. The number of benzene rings is 5. The molecule has 0 atom stereocenters. The zero-order valence-corrected chi connectivity index (χ0v) is 16.9. The number of alkyl carbamates (subject to hydrolysis) is 1. The van der Waals surface area contributed by atoms with E-state index < -0.39 is 6.09 Å². The Bertz CT molecular complexity index is 1330. The second-order valence-corrected chi connectivity index (χ2v) is 8.66.